The summed E-state index contributed by atoms with van der Waals surface area (Å²) in [5, 5.41) is 18.2. The highest BCUT2D eigenvalue weighted by Gasteiger charge is 2.42. The van der Waals surface area contributed by atoms with E-state index in [9.17, 15) is 9.90 Å². The summed E-state index contributed by atoms with van der Waals surface area (Å²) in [6.45, 7) is 4.68. The lowest BCUT2D eigenvalue weighted by Gasteiger charge is -2.38. The van der Waals surface area contributed by atoms with Gasteiger partial charge in [0.1, 0.15) is 24.1 Å². The molecular weight excluding hydrogens is 464 g/mol. The van der Waals surface area contributed by atoms with Gasteiger partial charge in [-0.15, -0.1) is 5.10 Å². The lowest BCUT2D eigenvalue weighted by molar-refractivity contribution is -0.118. The first-order valence-corrected chi connectivity index (χ1v) is 12.4. The molecule has 186 valence electrons. The molecule has 0 bridgehead atoms. The molecule has 0 fully saturated rings. The second-order valence-corrected chi connectivity index (χ2v) is 10.5. The van der Waals surface area contributed by atoms with Crippen molar-refractivity contribution in [3.8, 4) is 22.9 Å². The number of aromatic nitrogens is 3. The van der Waals surface area contributed by atoms with Gasteiger partial charge >= 0.3 is 0 Å². The SMILES string of the molecule is CC1(C)CC(=O)C2=C(C1)Nc1nc(-c3cccc(O)c3)nn1C2c1cccc(OCc2ccccc2)c1. The molecule has 0 radical (unpaired) electrons. The molecule has 1 unspecified atom stereocenters. The maximum absolute atomic E-state index is 13.5. The first kappa shape index (κ1) is 23.0. The molecule has 2 N–H and O–H groups in total. The van der Waals surface area contributed by atoms with Crippen LogP contribution < -0.4 is 10.1 Å². The smallest absolute Gasteiger partial charge is 0.226 e. The standard InChI is InChI=1S/C30H28N4O3/c1-30(2)16-24-26(25(36)17-30)27(20-10-7-13-23(15-20)37-18-19-8-4-3-5-9-19)34-29(31-24)32-28(33-34)21-11-6-12-22(35)14-21/h3-15,27,35H,16-18H2,1-2H3,(H,31,32,33). The van der Waals surface area contributed by atoms with Crippen LogP contribution in [0, 0.1) is 5.41 Å². The first-order valence-electron chi connectivity index (χ1n) is 12.4. The number of allylic oxidation sites excluding steroid dienone is 2. The maximum Gasteiger partial charge on any atom is 0.226 e. The van der Waals surface area contributed by atoms with E-state index in [1.165, 1.54) is 0 Å². The second-order valence-electron chi connectivity index (χ2n) is 10.5. The maximum atomic E-state index is 13.5. The zero-order chi connectivity index (χ0) is 25.6. The average Bonchev–Trinajstić information content (AvgIpc) is 3.30. The number of benzene rings is 3. The number of ketones is 1. The zero-order valence-corrected chi connectivity index (χ0v) is 20.8. The fourth-order valence-corrected chi connectivity index (χ4v) is 5.20. The minimum atomic E-state index is -0.436. The number of phenolic OH excluding ortho intramolecular Hbond substituents is 1. The molecule has 1 aliphatic heterocycles. The molecule has 0 saturated heterocycles. The van der Waals surface area contributed by atoms with Gasteiger partial charge in [0, 0.05) is 23.3 Å². The van der Waals surface area contributed by atoms with Crippen molar-refractivity contribution in [1.29, 1.82) is 0 Å². The molecule has 2 aliphatic rings. The van der Waals surface area contributed by atoms with Crippen LogP contribution in [0.4, 0.5) is 5.95 Å². The lowest BCUT2D eigenvalue weighted by Crippen LogP contribution is -2.36. The summed E-state index contributed by atoms with van der Waals surface area (Å²) in [4.78, 5) is 18.3. The number of carbonyl (C=O) groups excluding carboxylic acids is 1. The number of aromatic hydroxyl groups is 1. The van der Waals surface area contributed by atoms with Crippen LogP contribution in [0.3, 0.4) is 0 Å². The van der Waals surface area contributed by atoms with E-state index in [4.69, 9.17) is 14.8 Å². The van der Waals surface area contributed by atoms with E-state index in [2.05, 4.69) is 19.2 Å². The van der Waals surface area contributed by atoms with Crippen molar-refractivity contribution in [3.63, 3.8) is 0 Å². The molecule has 7 heteroatoms. The fraction of sp³-hybridized carbons (Fsp3) is 0.233. The van der Waals surface area contributed by atoms with Crippen molar-refractivity contribution < 1.29 is 14.6 Å². The van der Waals surface area contributed by atoms with Crippen LogP contribution in [-0.4, -0.2) is 25.7 Å². The Hall–Kier alpha value is -4.39. The van der Waals surface area contributed by atoms with Gasteiger partial charge < -0.3 is 15.2 Å². The van der Waals surface area contributed by atoms with Crippen molar-refractivity contribution in [2.45, 2.75) is 39.3 Å². The van der Waals surface area contributed by atoms with Crippen LogP contribution in [0.15, 0.2) is 90.1 Å². The molecular formula is C30H28N4O3. The monoisotopic (exact) mass is 492 g/mol. The van der Waals surface area contributed by atoms with Gasteiger partial charge in [0.15, 0.2) is 11.6 Å². The Labute approximate surface area is 215 Å². The normalized spacial score (nSPS) is 18.1. The van der Waals surface area contributed by atoms with Crippen molar-refractivity contribution >= 4 is 11.7 Å². The van der Waals surface area contributed by atoms with Gasteiger partial charge in [-0.3, -0.25) is 4.79 Å². The third-order valence-corrected chi connectivity index (χ3v) is 6.86. The molecule has 7 nitrogen and oxygen atoms in total. The predicted octanol–water partition coefficient (Wildman–Crippen LogP) is 5.89. The number of nitrogens with zero attached hydrogens (tertiary/aromatic N) is 3. The van der Waals surface area contributed by atoms with Gasteiger partial charge in [0.2, 0.25) is 5.95 Å². The molecule has 1 aliphatic carbocycles. The highest BCUT2D eigenvalue weighted by Crippen LogP contribution is 2.46. The van der Waals surface area contributed by atoms with Crippen molar-refractivity contribution in [1.82, 2.24) is 14.8 Å². The van der Waals surface area contributed by atoms with Crippen molar-refractivity contribution in [2.75, 3.05) is 5.32 Å². The molecule has 4 aromatic rings. The molecule has 3 aromatic carbocycles. The third kappa shape index (κ3) is 4.48. The number of nitrogens with one attached hydrogen (secondary N) is 1. The number of carbonyl (C=O) groups is 1. The fourth-order valence-electron chi connectivity index (χ4n) is 5.20. The van der Waals surface area contributed by atoms with Gasteiger partial charge in [0.05, 0.1) is 0 Å². The van der Waals surface area contributed by atoms with E-state index < -0.39 is 6.04 Å². The quantitative estimate of drug-likeness (QED) is 0.361. The van der Waals surface area contributed by atoms with Crippen LogP contribution in [-0.2, 0) is 11.4 Å². The van der Waals surface area contributed by atoms with Crippen molar-refractivity contribution in [3.05, 3.63) is 101 Å². The van der Waals surface area contributed by atoms with Crippen LogP contribution in [0.2, 0.25) is 0 Å². The minimum absolute atomic E-state index is 0.111. The van der Waals surface area contributed by atoms with Crippen molar-refractivity contribution in [2.24, 2.45) is 5.41 Å². The van der Waals surface area contributed by atoms with E-state index in [1.807, 2.05) is 60.7 Å². The van der Waals surface area contributed by atoms with E-state index in [0.717, 1.165) is 34.6 Å². The van der Waals surface area contributed by atoms with E-state index >= 15 is 0 Å². The molecule has 0 amide bonds. The van der Waals surface area contributed by atoms with Gasteiger partial charge in [-0.1, -0.05) is 68.4 Å². The van der Waals surface area contributed by atoms with Crippen LogP contribution in [0.5, 0.6) is 11.5 Å². The summed E-state index contributed by atoms with van der Waals surface area (Å²) in [5.41, 5.74) is 4.15. The van der Waals surface area contributed by atoms with E-state index in [-0.39, 0.29) is 16.9 Å². The van der Waals surface area contributed by atoms with Crippen LogP contribution in [0.25, 0.3) is 11.4 Å². The zero-order valence-electron chi connectivity index (χ0n) is 20.8. The Bertz CT molecular complexity index is 1520. The highest BCUT2D eigenvalue weighted by molar-refractivity contribution is 6.00. The molecule has 37 heavy (non-hydrogen) atoms. The van der Waals surface area contributed by atoms with Crippen LogP contribution >= 0.6 is 0 Å². The first-order chi connectivity index (χ1) is 17.9. The summed E-state index contributed by atoms with van der Waals surface area (Å²) >= 11 is 0. The molecule has 6 rings (SSSR count). The number of hydrogen-bond acceptors (Lipinski definition) is 6. The number of hydrogen-bond donors (Lipinski definition) is 2. The molecule has 0 spiro atoms. The largest absolute Gasteiger partial charge is 0.508 e. The number of anilines is 1. The number of fused-ring (bicyclic) bond motifs is 1. The van der Waals surface area contributed by atoms with Gasteiger partial charge in [-0.05, 0) is 47.2 Å². The second kappa shape index (κ2) is 8.92. The van der Waals surface area contributed by atoms with Crippen LogP contribution in [0.1, 0.15) is 43.9 Å². The Morgan fingerprint density at radius 3 is 2.65 bits per heavy atom. The highest BCUT2D eigenvalue weighted by atomic mass is 16.5. The van der Waals surface area contributed by atoms with Gasteiger partial charge in [-0.25, -0.2) is 4.68 Å². The summed E-state index contributed by atoms with van der Waals surface area (Å²) in [6, 6.07) is 24.3. The summed E-state index contributed by atoms with van der Waals surface area (Å²) in [7, 11) is 0. The van der Waals surface area contributed by atoms with E-state index in [1.54, 1.807) is 22.9 Å². The third-order valence-electron chi connectivity index (χ3n) is 6.86. The Morgan fingerprint density at radius 2 is 1.84 bits per heavy atom. The number of ether oxygens (including phenoxy) is 1. The topological polar surface area (TPSA) is 89.3 Å². The Kier molecular flexibility index (Phi) is 5.56. The number of Topliss-reactive ketones (excluding diaryl/α,β-unsaturated/α-hetero) is 1. The predicted molar refractivity (Wildman–Crippen MR) is 141 cm³/mol. The molecule has 0 saturated carbocycles. The average molecular weight is 493 g/mol. The summed E-state index contributed by atoms with van der Waals surface area (Å²) in [5.74, 6) is 2.03. The number of phenols is 1. The molecule has 1 aromatic heterocycles. The Morgan fingerprint density at radius 1 is 1.03 bits per heavy atom. The van der Waals surface area contributed by atoms with Gasteiger partial charge in [-0.2, -0.15) is 4.98 Å². The summed E-state index contributed by atoms with van der Waals surface area (Å²) < 4.78 is 7.89. The molecule has 2 heterocycles. The van der Waals surface area contributed by atoms with Gasteiger partial charge in [0.25, 0.3) is 0 Å². The lowest BCUT2D eigenvalue weighted by atomic mass is 9.73. The Balaban J connectivity index is 1.42. The number of rotatable bonds is 5. The van der Waals surface area contributed by atoms with E-state index in [0.29, 0.717) is 30.4 Å². The summed E-state index contributed by atoms with van der Waals surface area (Å²) in [6.07, 6.45) is 1.21. The minimum Gasteiger partial charge on any atom is -0.508 e. The molecule has 1 atom stereocenters.